The molecule has 0 saturated carbocycles. The first-order valence-corrected chi connectivity index (χ1v) is 5.72. The molecule has 0 aliphatic carbocycles. The number of nitrogens with two attached hydrogens (primary N) is 1. The predicted molar refractivity (Wildman–Crippen MR) is 72.3 cm³/mol. The Morgan fingerprint density at radius 2 is 2.00 bits per heavy atom. The van der Waals surface area contributed by atoms with Gasteiger partial charge in [0.05, 0.1) is 10.9 Å². The first-order chi connectivity index (χ1) is 8.00. The van der Waals surface area contributed by atoms with Gasteiger partial charge in [-0.25, -0.2) is 5.01 Å². The second-order valence-corrected chi connectivity index (χ2v) is 4.49. The summed E-state index contributed by atoms with van der Waals surface area (Å²) in [5, 5.41) is 1.58. The fourth-order valence-electron chi connectivity index (χ4n) is 1.47. The molecule has 1 atom stereocenters. The van der Waals surface area contributed by atoms with Crippen molar-refractivity contribution in [2.45, 2.75) is 6.42 Å². The lowest BCUT2D eigenvalue weighted by atomic mass is 9.99. The minimum absolute atomic E-state index is 0.175. The van der Waals surface area contributed by atoms with E-state index in [0.29, 0.717) is 6.42 Å². The normalized spacial score (nSPS) is 12.2. The molecule has 4 nitrogen and oxygen atoms in total. The van der Waals surface area contributed by atoms with Crippen molar-refractivity contribution in [2.24, 2.45) is 11.7 Å². The van der Waals surface area contributed by atoms with Crippen molar-refractivity contribution in [3.63, 3.8) is 0 Å². The Morgan fingerprint density at radius 3 is 2.47 bits per heavy atom. The molecule has 1 rings (SSSR count). The van der Waals surface area contributed by atoms with Crippen LogP contribution < -0.4 is 11.2 Å². The zero-order chi connectivity index (χ0) is 12.8. The van der Waals surface area contributed by atoms with E-state index in [0.717, 1.165) is 5.56 Å². The summed E-state index contributed by atoms with van der Waals surface area (Å²) in [4.78, 5) is 12.1. The summed E-state index contributed by atoms with van der Waals surface area (Å²) in [6.45, 7) is 0. The lowest BCUT2D eigenvalue weighted by molar-refractivity contribution is -0.126. The molecule has 17 heavy (non-hydrogen) atoms. The lowest BCUT2D eigenvalue weighted by Crippen LogP contribution is -2.44. The first-order valence-electron chi connectivity index (χ1n) is 5.31. The topological polar surface area (TPSA) is 58.4 Å². The number of benzene rings is 1. The number of hydrazine groups is 1. The largest absolute Gasteiger partial charge is 0.393 e. The van der Waals surface area contributed by atoms with Crippen LogP contribution in [0.2, 0.25) is 0 Å². The Labute approximate surface area is 107 Å². The number of nitrogens with one attached hydrogen (secondary N) is 1. The predicted octanol–water partition coefficient (Wildman–Crippen LogP) is 0.724. The van der Waals surface area contributed by atoms with Gasteiger partial charge in [-0.3, -0.25) is 10.2 Å². The van der Waals surface area contributed by atoms with Crippen molar-refractivity contribution < 1.29 is 4.79 Å². The van der Waals surface area contributed by atoms with Crippen LogP contribution in [-0.2, 0) is 11.2 Å². The number of hydrogen-bond acceptors (Lipinski definition) is 3. The molecule has 0 fully saturated rings. The van der Waals surface area contributed by atoms with E-state index >= 15 is 0 Å². The molecular formula is C12H17N3OS. The molecule has 0 heterocycles. The van der Waals surface area contributed by atoms with Gasteiger partial charge in [-0.2, -0.15) is 0 Å². The van der Waals surface area contributed by atoms with Gasteiger partial charge in [-0.05, 0) is 12.0 Å². The maximum atomic E-state index is 11.9. The third-order valence-electron chi connectivity index (χ3n) is 2.28. The summed E-state index contributed by atoms with van der Waals surface area (Å²) in [6, 6.07) is 9.69. The molecule has 0 aromatic heterocycles. The van der Waals surface area contributed by atoms with E-state index in [2.05, 4.69) is 5.43 Å². The Balaban J connectivity index is 2.74. The monoisotopic (exact) mass is 251 g/mol. The van der Waals surface area contributed by atoms with E-state index in [9.17, 15) is 4.79 Å². The minimum Gasteiger partial charge on any atom is -0.393 e. The third-order valence-corrected chi connectivity index (χ3v) is 2.56. The van der Waals surface area contributed by atoms with E-state index in [-0.39, 0.29) is 10.9 Å². The first kappa shape index (κ1) is 13.6. The highest BCUT2D eigenvalue weighted by atomic mass is 32.1. The van der Waals surface area contributed by atoms with Crippen molar-refractivity contribution in [3.05, 3.63) is 35.9 Å². The van der Waals surface area contributed by atoms with Crippen LogP contribution in [0.4, 0.5) is 0 Å². The van der Waals surface area contributed by atoms with Crippen LogP contribution in [0.3, 0.4) is 0 Å². The van der Waals surface area contributed by atoms with E-state index in [1.54, 1.807) is 19.1 Å². The molecule has 1 aromatic rings. The molecule has 0 radical (unpaired) electrons. The molecule has 0 spiro atoms. The van der Waals surface area contributed by atoms with Gasteiger partial charge in [-0.1, -0.05) is 42.5 Å². The van der Waals surface area contributed by atoms with Crippen LogP contribution in [0, 0.1) is 5.92 Å². The number of amides is 1. The molecule has 5 heteroatoms. The van der Waals surface area contributed by atoms with Gasteiger partial charge in [0.1, 0.15) is 0 Å². The Kier molecular flexibility index (Phi) is 5.06. The fraction of sp³-hybridized carbons (Fsp3) is 0.333. The summed E-state index contributed by atoms with van der Waals surface area (Å²) >= 11 is 4.94. The SMILES string of the molecule is CN(C)NC(=O)C(Cc1ccccc1)C(N)=S. The second kappa shape index (κ2) is 6.32. The molecule has 1 amide bonds. The van der Waals surface area contributed by atoms with Gasteiger partial charge in [0, 0.05) is 14.1 Å². The molecule has 1 aromatic carbocycles. The summed E-state index contributed by atoms with van der Waals surface area (Å²) in [7, 11) is 3.49. The van der Waals surface area contributed by atoms with E-state index in [1.165, 1.54) is 0 Å². The highest BCUT2D eigenvalue weighted by Gasteiger charge is 2.22. The number of rotatable bonds is 5. The smallest absolute Gasteiger partial charge is 0.244 e. The zero-order valence-corrected chi connectivity index (χ0v) is 10.8. The fourth-order valence-corrected chi connectivity index (χ4v) is 1.66. The summed E-state index contributed by atoms with van der Waals surface area (Å²) in [5.74, 6) is -0.652. The molecule has 3 N–H and O–H groups in total. The zero-order valence-electron chi connectivity index (χ0n) is 10.0. The van der Waals surface area contributed by atoms with Crippen molar-refractivity contribution >= 4 is 23.1 Å². The molecule has 92 valence electrons. The number of nitrogens with zero attached hydrogens (tertiary/aromatic N) is 1. The second-order valence-electron chi connectivity index (χ2n) is 4.02. The van der Waals surface area contributed by atoms with Gasteiger partial charge in [0.2, 0.25) is 5.91 Å². The van der Waals surface area contributed by atoms with Gasteiger partial charge in [-0.15, -0.1) is 0 Å². The van der Waals surface area contributed by atoms with Crippen LogP contribution >= 0.6 is 12.2 Å². The molecule has 0 bridgehead atoms. The minimum atomic E-state index is -0.477. The van der Waals surface area contributed by atoms with Crippen LogP contribution in [0.1, 0.15) is 5.56 Å². The van der Waals surface area contributed by atoms with E-state index in [1.807, 2.05) is 30.3 Å². The molecule has 1 unspecified atom stereocenters. The summed E-state index contributed by atoms with van der Waals surface area (Å²) in [5.41, 5.74) is 9.33. The quantitative estimate of drug-likeness (QED) is 0.598. The number of hydrogen-bond donors (Lipinski definition) is 2. The Hall–Kier alpha value is -1.46. The van der Waals surface area contributed by atoms with Crippen molar-refractivity contribution in [3.8, 4) is 0 Å². The molecule has 0 aliphatic heterocycles. The number of carbonyl (C=O) groups excluding carboxylic acids is 1. The van der Waals surface area contributed by atoms with Crippen molar-refractivity contribution in [1.82, 2.24) is 10.4 Å². The molecule has 0 saturated heterocycles. The lowest BCUT2D eigenvalue weighted by Gasteiger charge is -2.18. The number of thiocarbonyl (C=S) groups is 1. The average Bonchev–Trinajstić information content (AvgIpc) is 2.25. The molecule has 0 aliphatic rings. The maximum absolute atomic E-state index is 11.9. The highest BCUT2D eigenvalue weighted by Crippen LogP contribution is 2.09. The van der Waals surface area contributed by atoms with Gasteiger partial charge in [0.15, 0.2) is 0 Å². The van der Waals surface area contributed by atoms with Gasteiger partial charge in [0.25, 0.3) is 0 Å². The maximum Gasteiger partial charge on any atom is 0.244 e. The Bertz CT molecular complexity index is 392. The Morgan fingerprint density at radius 1 is 1.41 bits per heavy atom. The standard InChI is InChI=1S/C12H17N3OS/c1-15(2)14-12(16)10(11(13)17)8-9-6-4-3-5-7-9/h3-7,10H,8H2,1-2H3,(H2,13,17)(H,14,16). The average molecular weight is 251 g/mol. The molecular weight excluding hydrogens is 234 g/mol. The highest BCUT2D eigenvalue weighted by molar-refractivity contribution is 7.80. The van der Waals surface area contributed by atoms with Gasteiger partial charge >= 0.3 is 0 Å². The third kappa shape index (κ3) is 4.50. The van der Waals surface area contributed by atoms with E-state index < -0.39 is 5.92 Å². The van der Waals surface area contributed by atoms with Crippen molar-refractivity contribution in [1.29, 1.82) is 0 Å². The van der Waals surface area contributed by atoms with Crippen LogP contribution in [0.25, 0.3) is 0 Å². The van der Waals surface area contributed by atoms with E-state index in [4.69, 9.17) is 18.0 Å². The van der Waals surface area contributed by atoms with Crippen LogP contribution in [-0.4, -0.2) is 30.0 Å². The number of carbonyl (C=O) groups is 1. The van der Waals surface area contributed by atoms with Crippen LogP contribution in [0.5, 0.6) is 0 Å². The van der Waals surface area contributed by atoms with Gasteiger partial charge < -0.3 is 5.73 Å². The van der Waals surface area contributed by atoms with Crippen LogP contribution in [0.15, 0.2) is 30.3 Å². The summed E-state index contributed by atoms with van der Waals surface area (Å²) in [6.07, 6.45) is 0.524. The summed E-state index contributed by atoms with van der Waals surface area (Å²) < 4.78 is 0. The van der Waals surface area contributed by atoms with Crippen molar-refractivity contribution in [2.75, 3.05) is 14.1 Å².